The third-order valence-electron chi connectivity index (χ3n) is 4.85. The SMILES string of the molecule is CCCC1CCC(O)C(CN2CC(C)OC(CO)C2)C1. The number of hydrogen-bond donors (Lipinski definition) is 2. The number of morpholine rings is 1. The molecule has 1 aliphatic carbocycles. The van der Waals surface area contributed by atoms with Gasteiger partial charge in [0.05, 0.1) is 24.9 Å². The predicted octanol–water partition coefficient (Wildman–Crippen LogP) is 1.65. The van der Waals surface area contributed by atoms with Gasteiger partial charge in [0.2, 0.25) is 0 Å². The van der Waals surface area contributed by atoms with Crippen LogP contribution < -0.4 is 0 Å². The summed E-state index contributed by atoms with van der Waals surface area (Å²) in [4.78, 5) is 2.37. The van der Waals surface area contributed by atoms with Crippen molar-refractivity contribution < 1.29 is 14.9 Å². The van der Waals surface area contributed by atoms with Crippen molar-refractivity contribution in [3.63, 3.8) is 0 Å². The minimum Gasteiger partial charge on any atom is -0.394 e. The average Bonchev–Trinajstić information content (AvgIpc) is 2.42. The largest absolute Gasteiger partial charge is 0.394 e. The van der Waals surface area contributed by atoms with E-state index in [1.165, 1.54) is 19.3 Å². The summed E-state index contributed by atoms with van der Waals surface area (Å²) in [5, 5.41) is 19.6. The third kappa shape index (κ3) is 4.42. The van der Waals surface area contributed by atoms with E-state index in [2.05, 4.69) is 18.7 Å². The maximum Gasteiger partial charge on any atom is 0.0936 e. The summed E-state index contributed by atoms with van der Waals surface area (Å²) in [6.45, 7) is 7.06. The summed E-state index contributed by atoms with van der Waals surface area (Å²) in [5.74, 6) is 1.19. The number of nitrogens with zero attached hydrogens (tertiary/aromatic N) is 1. The Bertz CT molecular complexity index is 287. The van der Waals surface area contributed by atoms with Gasteiger partial charge < -0.3 is 14.9 Å². The highest BCUT2D eigenvalue weighted by molar-refractivity contribution is 4.84. The highest BCUT2D eigenvalue weighted by atomic mass is 16.5. The quantitative estimate of drug-likeness (QED) is 0.806. The molecular weight excluding hydrogens is 254 g/mol. The molecule has 20 heavy (non-hydrogen) atoms. The van der Waals surface area contributed by atoms with E-state index in [0.29, 0.717) is 5.92 Å². The molecule has 0 radical (unpaired) electrons. The Labute approximate surface area is 123 Å². The molecule has 0 aromatic carbocycles. The molecule has 2 aliphatic rings. The van der Waals surface area contributed by atoms with Crippen LogP contribution in [0.1, 0.15) is 46.0 Å². The zero-order chi connectivity index (χ0) is 14.5. The molecule has 2 N–H and O–H groups in total. The van der Waals surface area contributed by atoms with Crippen molar-refractivity contribution in [1.82, 2.24) is 4.90 Å². The Hall–Kier alpha value is -0.160. The zero-order valence-corrected chi connectivity index (χ0v) is 13.0. The minimum atomic E-state index is -0.145. The lowest BCUT2D eigenvalue weighted by Crippen LogP contribution is -2.51. The smallest absolute Gasteiger partial charge is 0.0936 e. The number of ether oxygens (including phenoxy) is 1. The van der Waals surface area contributed by atoms with Gasteiger partial charge in [-0.1, -0.05) is 19.8 Å². The molecule has 118 valence electrons. The van der Waals surface area contributed by atoms with E-state index < -0.39 is 0 Å². The summed E-state index contributed by atoms with van der Waals surface area (Å²) < 4.78 is 5.69. The van der Waals surface area contributed by atoms with E-state index in [0.717, 1.165) is 38.4 Å². The fourth-order valence-corrected chi connectivity index (χ4v) is 3.93. The average molecular weight is 285 g/mol. The molecular formula is C16H31NO3. The number of aliphatic hydroxyl groups excluding tert-OH is 2. The van der Waals surface area contributed by atoms with Gasteiger partial charge >= 0.3 is 0 Å². The Morgan fingerprint density at radius 3 is 2.75 bits per heavy atom. The first-order chi connectivity index (χ1) is 9.62. The molecule has 0 bridgehead atoms. The number of aliphatic hydroxyl groups is 2. The molecule has 2 fully saturated rings. The summed E-state index contributed by atoms with van der Waals surface area (Å²) >= 11 is 0. The van der Waals surface area contributed by atoms with Crippen molar-refractivity contribution in [2.24, 2.45) is 11.8 Å². The van der Waals surface area contributed by atoms with Crippen molar-refractivity contribution in [3.05, 3.63) is 0 Å². The van der Waals surface area contributed by atoms with Crippen LogP contribution in [0, 0.1) is 11.8 Å². The van der Waals surface area contributed by atoms with Gasteiger partial charge in [-0.05, 0) is 38.0 Å². The molecule has 0 amide bonds. The molecule has 0 spiro atoms. The molecule has 5 unspecified atom stereocenters. The molecule has 1 saturated carbocycles. The fraction of sp³-hybridized carbons (Fsp3) is 1.00. The van der Waals surface area contributed by atoms with Gasteiger partial charge in [-0.3, -0.25) is 4.90 Å². The Morgan fingerprint density at radius 1 is 1.25 bits per heavy atom. The van der Waals surface area contributed by atoms with E-state index in [9.17, 15) is 10.2 Å². The topological polar surface area (TPSA) is 52.9 Å². The van der Waals surface area contributed by atoms with Crippen LogP contribution in [0.25, 0.3) is 0 Å². The van der Waals surface area contributed by atoms with Gasteiger partial charge in [-0.2, -0.15) is 0 Å². The van der Waals surface area contributed by atoms with Crippen LogP contribution in [0.4, 0.5) is 0 Å². The van der Waals surface area contributed by atoms with Crippen molar-refractivity contribution in [2.75, 3.05) is 26.2 Å². The Balaban J connectivity index is 1.86. The second-order valence-electron chi connectivity index (χ2n) is 6.77. The van der Waals surface area contributed by atoms with Crippen LogP contribution in [-0.4, -0.2) is 59.7 Å². The number of hydrogen-bond acceptors (Lipinski definition) is 4. The Kier molecular flexibility index (Phi) is 6.27. The first-order valence-corrected chi connectivity index (χ1v) is 8.29. The standard InChI is InChI=1S/C16H31NO3/c1-3-4-13-5-6-16(19)14(7-13)9-17-8-12(2)20-15(10-17)11-18/h12-16,18-19H,3-11H2,1-2H3. The van der Waals surface area contributed by atoms with E-state index in [-0.39, 0.29) is 24.9 Å². The van der Waals surface area contributed by atoms with Gasteiger partial charge in [0.1, 0.15) is 0 Å². The van der Waals surface area contributed by atoms with E-state index in [4.69, 9.17) is 4.74 Å². The van der Waals surface area contributed by atoms with Crippen LogP contribution in [0.3, 0.4) is 0 Å². The van der Waals surface area contributed by atoms with Gasteiger partial charge in [0.25, 0.3) is 0 Å². The molecule has 5 atom stereocenters. The molecule has 2 rings (SSSR count). The van der Waals surface area contributed by atoms with Crippen LogP contribution in [0.15, 0.2) is 0 Å². The van der Waals surface area contributed by atoms with Gasteiger partial charge in [-0.25, -0.2) is 0 Å². The summed E-state index contributed by atoms with van der Waals surface area (Å²) in [7, 11) is 0. The van der Waals surface area contributed by atoms with Crippen molar-refractivity contribution in [1.29, 1.82) is 0 Å². The molecule has 1 heterocycles. The number of rotatable bonds is 5. The van der Waals surface area contributed by atoms with Crippen LogP contribution >= 0.6 is 0 Å². The fourth-order valence-electron chi connectivity index (χ4n) is 3.93. The maximum absolute atomic E-state index is 10.3. The molecule has 4 nitrogen and oxygen atoms in total. The summed E-state index contributed by atoms with van der Waals surface area (Å²) in [6, 6.07) is 0. The van der Waals surface area contributed by atoms with E-state index >= 15 is 0 Å². The van der Waals surface area contributed by atoms with Crippen LogP contribution in [0.2, 0.25) is 0 Å². The normalized spacial score (nSPS) is 39.9. The molecule has 0 aromatic rings. The third-order valence-corrected chi connectivity index (χ3v) is 4.85. The highest BCUT2D eigenvalue weighted by Gasteiger charge is 2.32. The molecule has 1 aliphatic heterocycles. The van der Waals surface area contributed by atoms with Crippen molar-refractivity contribution in [2.45, 2.75) is 64.3 Å². The van der Waals surface area contributed by atoms with E-state index in [1.54, 1.807) is 0 Å². The molecule has 1 saturated heterocycles. The lowest BCUT2D eigenvalue weighted by atomic mass is 9.77. The van der Waals surface area contributed by atoms with Crippen molar-refractivity contribution >= 4 is 0 Å². The van der Waals surface area contributed by atoms with Gasteiger partial charge in [-0.15, -0.1) is 0 Å². The second kappa shape index (κ2) is 7.74. The Morgan fingerprint density at radius 2 is 2.05 bits per heavy atom. The highest BCUT2D eigenvalue weighted by Crippen LogP contribution is 2.33. The second-order valence-corrected chi connectivity index (χ2v) is 6.77. The van der Waals surface area contributed by atoms with Crippen molar-refractivity contribution in [3.8, 4) is 0 Å². The van der Waals surface area contributed by atoms with Gasteiger partial charge in [0.15, 0.2) is 0 Å². The maximum atomic E-state index is 10.3. The molecule has 4 heteroatoms. The first-order valence-electron chi connectivity index (χ1n) is 8.29. The van der Waals surface area contributed by atoms with E-state index in [1.807, 2.05) is 0 Å². The van der Waals surface area contributed by atoms with Crippen LogP contribution in [-0.2, 0) is 4.74 Å². The first kappa shape index (κ1) is 16.2. The minimum absolute atomic E-state index is 0.0640. The monoisotopic (exact) mass is 285 g/mol. The van der Waals surface area contributed by atoms with Gasteiger partial charge in [0, 0.05) is 19.6 Å². The molecule has 0 aromatic heterocycles. The summed E-state index contributed by atoms with van der Waals surface area (Å²) in [5.41, 5.74) is 0. The summed E-state index contributed by atoms with van der Waals surface area (Å²) in [6.07, 6.45) is 5.80. The van der Waals surface area contributed by atoms with Crippen LogP contribution in [0.5, 0.6) is 0 Å². The lowest BCUT2D eigenvalue weighted by molar-refractivity contribution is -0.104. The predicted molar refractivity (Wildman–Crippen MR) is 79.6 cm³/mol. The lowest BCUT2D eigenvalue weighted by Gasteiger charge is -2.41. The zero-order valence-electron chi connectivity index (χ0n) is 13.0.